The lowest BCUT2D eigenvalue weighted by atomic mass is 10.1. The van der Waals surface area contributed by atoms with Crippen molar-refractivity contribution in [3.8, 4) is 11.5 Å². The van der Waals surface area contributed by atoms with Gasteiger partial charge in [0.15, 0.2) is 11.5 Å². The number of thiocarbonyl (C=S) groups is 1. The fourth-order valence-corrected chi connectivity index (χ4v) is 3.24. The summed E-state index contributed by atoms with van der Waals surface area (Å²) in [6.07, 6.45) is 0. The van der Waals surface area contributed by atoms with Gasteiger partial charge in [-0.2, -0.15) is 0 Å². The van der Waals surface area contributed by atoms with Crippen molar-refractivity contribution in [3.05, 3.63) is 59.7 Å². The molecule has 25 heavy (non-hydrogen) atoms. The third-order valence-electron chi connectivity index (χ3n) is 4.55. The summed E-state index contributed by atoms with van der Waals surface area (Å²) in [6.45, 7) is 4.76. The summed E-state index contributed by atoms with van der Waals surface area (Å²) < 4.78 is 11.4. The number of ether oxygens (including phenoxy) is 2. The second kappa shape index (κ2) is 8.32. The molecule has 1 heterocycles. The van der Waals surface area contributed by atoms with E-state index < -0.39 is 0 Å². The molecule has 1 aliphatic rings. The molecule has 2 aromatic rings. The van der Waals surface area contributed by atoms with Crippen LogP contribution in [0.4, 0.5) is 0 Å². The number of benzene rings is 2. The van der Waals surface area contributed by atoms with E-state index in [4.69, 9.17) is 21.7 Å². The maximum atomic E-state index is 5.92. The molecule has 1 aliphatic heterocycles. The molecule has 0 unspecified atom stereocenters. The minimum absolute atomic E-state index is 0.516. The third kappa shape index (κ3) is 4.50. The number of likely N-dealkylation sites (N-methyl/N-ethyl adjacent to an activating group) is 1. The van der Waals surface area contributed by atoms with Crippen LogP contribution in [0.2, 0.25) is 0 Å². The zero-order valence-electron chi connectivity index (χ0n) is 14.8. The molecule has 2 aromatic carbocycles. The van der Waals surface area contributed by atoms with Crippen LogP contribution in [0, 0.1) is 0 Å². The Morgan fingerprint density at radius 2 is 1.80 bits per heavy atom. The van der Waals surface area contributed by atoms with Gasteiger partial charge in [-0.1, -0.05) is 42.5 Å². The lowest BCUT2D eigenvalue weighted by Gasteiger charge is -2.32. The first-order valence-electron chi connectivity index (χ1n) is 8.62. The molecule has 0 aliphatic carbocycles. The van der Waals surface area contributed by atoms with Crippen molar-refractivity contribution in [1.29, 1.82) is 0 Å². The van der Waals surface area contributed by atoms with Gasteiger partial charge in [-0.3, -0.25) is 0 Å². The normalized spacial score (nSPS) is 15.0. The summed E-state index contributed by atoms with van der Waals surface area (Å²) in [5.74, 6) is 1.45. The second-order valence-electron chi connectivity index (χ2n) is 6.39. The molecule has 0 aromatic heterocycles. The average Bonchev–Trinajstić information content (AvgIpc) is 2.67. The van der Waals surface area contributed by atoms with Crippen LogP contribution in [0.15, 0.2) is 48.5 Å². The molecule has 0 saturated carbocycles. The van der Waals surface area contributed by atoms with Crippen molar-refractivity contribution >= 4 is 17.2 Å². The van der Waals surface area contributed by atoms with Gasteiger partial charge in [0, 0.05) is 5.56 Å². The number of methoxy groups -OCH3 is 1. The predicted molar refractivity (Wildman–Crippen MR) is 104 cm³/mol. The number of nitrogens with zero attached hydrogens (tertiary/aromatic N) is 1. The Labute approximate surface area is 155 Å². The highest BCUT2D eigenvalue weighted by atomic mass is 32.1. The Balaban J connectivity index is 1.69. The molecule has 5 heteroatoms. The van der Waals surface area contributed by atoms with Crippen molar-refractivity contribution < 1.29 is 14.4 Å². The van der Waals surface area contributed by atoms with Gasteiger partial charge in [0.05, 0.1) is 40.3 Å². The van der Waals surface area contributed by atoms with Gasteiger partial charge in [-0.15, -0.1) is 0 Å². The second-order valence-corrected chi connectivity index (χ2v) is 6.78. The van der Waals surface area contributed by atoms with Gasteiger partial charge >= 0.3 is 0 Å². The minimum Gasteiger partial charge on any atom is -0.493 e. The monoisotopic (exact) mass is 357 g/mol. The molecule has 3 rings (SSSR count). The Morgan fingerprint density at radius 1 is 1.08 bits per heavy atom. The summed E-state index contributed by atoms with van der Waals surface area (Å²) in [5, 5.41) is 0. The highest BCUT2D eigenvalue weighted by Gasteiger charge is 2.20. The van der Waals surface area contributed by atoms with Crippen LogP contribution >= 0.6 is 12.2 Å². The maximum Gasteiger partial charge on any atom is 0.161 e. The quantitative estimate of drug-likeness (QED) is 0.825. The largest absolute Gasteiger partial charge is 0.493 e. The summed E-state index contributed by atoms with van der Waals surface area (Å²) in [6, 6.07) is 16.1. The van der Waals surface area contributed by atoms with Crippen LogP contribution < -0.4 is 14.4 Å². The van der Waals surface area contributed by atoms with E-state index in [9.17, 15) is 0 Å². The van der Waals surface area contributed by atoms with Crippen LogP contribution in [0.1, 0.15) is 11.1 Å². The molecule has 0 amide bonds. The molecule has 0 atom stereocenters. The fraction of sp³-hybridized carbons (Fsp3) is 0.350. The van der Waals surface area contributed by atoms with E-state index in [-0.39, 0.29) is 0 Å². The summed E-state index contributed by atoms with van der Waals surface area (Å²) in [4.78, 5) is 4.73. The van der Waals surface area contributed by atoms with E-state index in [1.54, 1.807) is 12.0 Å². The fourth-order valence-electron chi connectivity index (χ4n) is 2.93. The van der Waals surface area contributed by atoms with Crippen LogP contribution in [0.25, 0.3) is 0 Å². The molecule has 0 spiro atoms. The summed E-state index contributed by atoms with van der Waals surface area (Å²) in [7, 11) is 3.89. The van der Waals surface area contributed by atoms with Crippen LogP contribution in [-0.4, -0.2) is 50.2 Å². The molecule has 0 bridgehead atoms. The van der Waals surface area contributed by atoms with Gasteiger partial charge in [-0.25, -0.2) is 0 Å². The lowest BCUT2D eigenvalue weighted by Crippen LogP contribution is -3.12. The van der Waals surface area contributed by atoms with Crippen molar-refractivity contribution in [2.24, 2.45) is 0 Å². The molecule has 132 valence electrons. The molecule has 1 saturated heterocycles. The molecular formula is C20H25N2O2S+. The van der Waals surface area contributed by atoms with E-state index in [1.165, 1.54) is 0 Å². The van der Waals surface area contributed by atoms with Crippen molar-refractivity contribution in [2.45, 2.75) is 6.61 Å². The number of quaternary nitrogens is 1. The first kappa shape index (κ1) is 17.7. The number of piperazine rings is 1. The molecule has 4 nitrogen and oxygen atoms in total. The number of nitrogens with one attached hydrogen (secondary N) is 1. The molecule has 1 fully saturated rings. The van der Waals surface area contributed by atoms with Crippen LogP contribution in [0.5, 0.6) is 11.5 Å². The molecule has 0 radical (unpaired) electrons. The van der Waals surface area contributed by atoms with E-state index >= 15 is 0 Å². The highest BCUT2D eigenvalue weighted by Crippen LogP contribution is 2.29. The van der Waals surface area contributed by atoms with Crippen molar-refractivity contribution in [2.75, 3.05) is 40.3 Å². The average molecular weight is 357 g/mol. The van der Waals surface area contributed by atoms with Crippen LogP contribution in [-0.2, 0) is 6.61 Å². The highest BCUT2D eigenvalue weighted by molar-refractivity contribution is 7.80. The van der Waals surface area contributed by atoms with Gasteiger partial charge in [0.25, 0.3) is 0 Å². The lowest BCUT2D eigenvalue weighted by molar-refractivity contribution is -0.883. The standard InChI is InChI=1S/C20H24N2O2S/c1-21-10-12-22(13-11-21)20(25)17-8-9-18(19(14-17)23-2)24-15-16-6-4-3-5-7-16/h3-9,14H,10-13,15H2,1-2H3/p+1. The van der Waals surface area contributed by atoms with E-state index in [0.717, 1.165) is 53.8 Å². The SMILES string of the molecule is COc1cc(C(=S)N2CC[NH+](C)CC2)ccc1OCc1ccccc1. The van der Waals surface area contributed by atoms with Gasteiger partial charge in [0.2, 0.25) is 0 Å². The zero-order valence-corrected chi connectivity index (χ0v) is 15.6. The molecular weight excluding hydrogens is 332 g/mol. The van der Waals surface area contributed by atoms with E-state index in [2.05, 4.69) is 11.9 Å². The first-order chi connectivity index (χ1) is 12.2. The number of hydrogen-bond donors (Lipinski definition) is 1. The van der Waals surface area contributed by atoms with Crippen molar-refractivity contribution in [3.63, 3.8) is 0 Å². The summed E-state index contributed by atoms with van der Waals surface area (Å²) in [5.41, 5.74) is 2.14. The molecule has 1 N–H and O–H groups in total. The number of rotatable bonds is 5. The summed E-state index contributed by atoms with van der Waals surface area (Å²) >= 11 is 5.69. The smallest absolute Gasteiger partial charge is 0.161 e. The number of hydrogen-bond acceptors (Lipinski definition) is 3. The van der Waals surface area contributed by atoms with Gasteiger partial charge < -0.3 is 19.3 Å². The predicted octanol–water partition coefficient (Wildman–Crippen LogP) is 1.78. The Morgan fingerprint density at radius 3 is 2.48 bits per heavy atom. The van der Waals surface area contributed by atoms with E-state index in [1.807, 2.05) is 48.5 Å². The minimum atomic E-state index is 0.516. The van der Waals surface area contributed by atoms with Crippen molar-refractivity contribution in [1.82, 2.24) is 4.90 Å². The Kier molecular flexibility index (Phi) is 5.89. The van der Waals surface area contributed by atoms with Gasteiger partial charge in [-0.05, 0) is 23.8 Å². The van der Waals surface area contributed by atoms with E-state index in [0.29, 0.717) is 6.61 Å². The topological polar surface area (TPSA) is 26.1 Å². The Bertz CT molecular complexity index is 713. The Hall–Kier alpha value is -2.11. The first-order valence-corrected chi connectivity index (χ1v) is 9.03. The zero-order chi connectivity index (χ0) is 17.6. The van der Waals surface area contributed by atoms with Gasteiger partial charge in [0.1, 0.15) is 11.6 Å². The van der Waals surface area contributed by atoms with Crippen LogP contribution in [0.3, 0.4) is 0 Å². The maximum absolute atomic E-state index is 5.92. The third-order valence-corrected chi connectivity index (χ3v) is 5.05.